The van der Waals surface area contributed by atoms with Crippen LogP contribution in [0.5, 0.6) is 0 Å². The summed E-state index contributed by atoms with van der Waals surface area (Å²) in [6.07, 6.45) is 2.28. The highest BCUT2D eigenvalue weighted by Crippen LogP contribution is 2.27. The third kappa shape index (κ3) is 4.07. The quantitative estimate of drug-likeness (QED) is 0.440. The molecule has 1 aromatic rings. The van der Waals surface area contributed by atoms with Crippen LogP contribution in [0.3, 0.4) is 0 Å². The third-order valence-corrected chi connectivity index (χ3v) is 3.83. The van der Waals surface area contributed by atoms with E-state index < -0.39 is 11.9 Å². The molecule has 21 heavy (non-hydrogen) atoms. The van der Waals surface area contributed by atoms with Gasteiger partial charge in [0.05, 0.1) is 11.4 Å². The molecule has 8 heteroatoms. The molecule has 1 heterocycles. The van der Waals surface area contributed by atoms with Crippen molar-refractivity contribution in [2.75, 3.05) is 24.2 Å². The van der Waals surface area contributed by atoms with Crippen LogP contribution in [0.2, 0.25) is 0 Å². The van der Waals surface area contributed by atoms with Crippen LogP contribution in [0, 0.1) is 11.7 Å². The molecule has 0 atom stereocenters. The van der Waals surface area contributed by atoms with Crippen LogP contribution in [0.1, 0.15) is 12.8 Å². The molecule has 0 bridgehead atoms. The van der Waals surface area contributed by atoms with Gasteiger partial charge in [-0.05, 0) is 30.9 Å². The molecule has 1 aliphatic heterocycles. The first-order valence-corrected chi connectivity index (χ1v) is 7.28. The summed E-state index contributed by atoms with van der Waals surface area (Å²) in [6.45, 7) is 0.999. The van der Waals surface area contributed by atoms with Crippen molar-refractivity contribution in [2.45, 2.75) is 12.8 Å². The Morgan fingerprint density at radius 1 is 1.52 bits per heavy atom. The standard InChI is InChI=1S/C13H16BrFN4O2/c14-9-5-10(15)12(16)11(6-9)18-17-7-8-1-3-19(4-2-8)13(20)21/h5-8,18H,1-4,16H2,(H,20,21). The SMILES string of the molecule is Nc1c(F)cc(Br)cc1NN=CC1CCN(C(=O)O)CC1. The summed E-state index contributed by atoms with van der Waals surface area (Å²) in [4.78, 5) is 12.2. The summed E-state index contributed by atoms with van der Waals surface area (Å²) in [5.41, 5.74) is 8.74. The molecule has 2 rings (SSSR count). The summed E-state index contributed by atoms with van der Waals surface area (Å²) in [6, 6.07) is 2.93. The Hall–Kier alpha value is -1.83. The smallest absolute Gasteiger partial charge is 0.407 e. The lowest BCUT2D eigenvalue weighted by atomic mass is 9.99. The van der Waals surface area contributed by atoms with Crippen LogP contribution in [0.4, 0.5) is 20.6 Å². The number of nitrogens with two attached hydrogens (primary N) is 1. The summed E-state index contributed by atoms with van der Waals surface area (Å²) in [7, 11) is 0. The Bertz CT molecular complexity index is 559. The molecule has 1 aromatic carbocycles. The van der Waals surface area contributed by atoms with Crippen molar-refractivity contribution in [1.82, 2.24) is 4.90 Å². The number of carboxylic acid groups (broad SMARTS) is 1. The molecule has 0 aromatic heterocycles. The van der Waals surface area contributed by atoms with Crippen molar-refractivity contribution in [3.63, 3.8) is 0 Å². The molecule has 114 valence electrons. The number of nitrogens with zero attached hydrogens (tertiary/aromatic N) is 2. The highest BCUT2D eigenvalue weighted by molar-refractivity contribution is 9.10. The minimum Gasteiger partial charge on any atom is -0.465 e. The van der Waals surface area contributed by atoms with Gasteiger partial charge in [0.2, 0.25) is 0 Å². The molecule has 0 radical (unpaired) electrons. The average molecular weight is 359 g/mol. The van der Waals surface area contributed by atoms with Crippen molar-refractivity contribution in [1.29, 1.82) is 0 Å². The minimum absolute atomic E-state index is 0.0102. The van der Waals surface area contributed by atoms with Crippen molar-refractivity contribution in [2.24, 2.45) is 11.0 Å². The van der Waals surface area contributed by atoms with Gasteiger partial charge in [0.15, 0.2) is 0 Å². The number of nitrogens with one attached hydrogen (secondary N) is 1. The van der Waals surface area contributed by atoms with E-state index in [9.17, 15) is 9.18 Å². The highest BCUT2D eigenvalue weighted by atomic mass is 79.9. The monoisotopic (exact) mass is 358 g/mol. The molecule has 1 aliphatic rings. The third-order valence-electron chi connectivity index (χ3n) is 3.37. The number of rotatable bonds is 3. The van der Waals surface area contributed by atoms with Gasteiger partial charge in [0.25, 0.3) is 0 Å². The van der Waals surface area contributed by atoms with Gasteiger partial charge < -0.3 is 15.7 Å². The number of benzene rings is 1. The van der Waals surface area contributed by atoms with E-state index in [4.69, 9.17) is 10.8 Å². The van der Waals surface area contributed by atoms with E-state index in [1.54, 1.807) is 12.3 Å². The maximum absolute atomic E-state index is 13.4. The predicted molar refractivity (Wildman–Crippen MR) is 82.9 cm³/mol. The number of hydrogen-bond acceptors (Lipinski definition) is 4. The Morgan fingerprint density at radius 3 is 2.81 bits per heavy atom. The van der Waals surface area contributed by atoms with Gasteiger partial charge in [-0.1, -0.05) is 15.9 Å². The summed E-state index contributed by atoms with van der Waals surface area (Å²) in [5.74, 6) is -0.317. The van der Waals surface area contributed by atoms with E-state index in [-0.39, 0.29) is 11.6 Å². The summed E-state index contributed by atoms with van der Waals surface area (Å²) in [5, 5.41) is 12.9. The molecular formula is C13H16BrFN4O2. The van der Waals surface area contributed by atoms with Gasteiger partial charge in [-0.2, -0.15) is 5.10 Å². The molecule has 0 spiro atoms. The van der Waals surface area contributed by atoms with Crippen LogP contribution in [-0.2, 0) is 0 Å². The van der Waals surface area contributed by atoms with E-state index in [2.05, 4.69) is 26.5 Å². The number of carbonyl (C=O) groups is 1. The Balaban J connectivity index is 1.91. The normalized spacial score (nSPS) is 16.4. The topological polar surface area (TPSA) is 91.0 Å². The zero-order valence-electron chi connectivity index (χ0n) is 11.2. The number of hydrogen-bond donors (Lipinski definition) is 3. The molecule has 0 unspecified atom stereocenters. The molecule has 1 saturated heterocycles. The van der Waals surface area contributed by atoms with Crippen molar-refractivity contribution in [3.8, 4) is 0 Å². The minimum atomic E-state index is -0.888. The van der Waals surface area contributed by atoms with Crippen LogP contribution in [-0.4, -0.2) is 35.4 Å². The number of anilines is 2. The van der Waals surface area contributed by atoms with Crippen LogP contribution >= 0.6 is 15.9 Å². The van der Waals surface area contributed by atoms with E-state index in [1.165, 1.54) is 11.0 Å². The van der Waals surface area contributed by atoms with Gasteiger partial charge in [-0.3, -0.25) is 5.43 Å². The van der Waals surface area contributed by atoms with Crippen LogP contribution in [0.15, 0.2) is 21.7 Å². The Morgan fingerprint density at radius 2 is 2.19 bits per heavy atom. The van der Waals surface area contributed by atoms with Gasteiger partial charge >= 0.3 is 6.09 Å². The molecule has 0 saturated carbocycles. The van der Waals surface area contributed by atoms with E-state index in [0.717, 1.165) is 12.8 Å². The van der Waals surface area contributed by atoms with Gasteiger partial charge in [-0.25, -0.2) is 9.18 Å². The second-order valence-electron chi connectivity index (χ2n) is 4.85. The average Bonchev–Trinajstić information content (AvgIpc) is 2.44. The van der Waals surface area contributed by atoms with E-state index >= 15 is 0 Å². The molecule has 0 aliphatic carbocycles. The second kappa shape index (κ2) is 6.75. The lowest BCUT2D eigenvalue weighted by Crippen LogP contribution is -2.37. The first kappa shape index (κ1) is 15.6. The molecule has 1 fully saturated rings. The fourth-order valence-corrected chi connectivity index (χ4v) is 2.56. The Labute approximate surface area is 129 Å². The second-order valence-corrected chi connectivity index (χ2v) is 5.76. The van der Waals surface area contributed by atoms with Crippen LogP contribution < -0.4 is 11.2 Å². The largest absolute Gasteiger partial charge is 0.465 e. The Kier molecular flexibility index (Phi) is 5.00. The van der Waals surface area contributed by atoms with Crippen LogP contribution in [0.25, 0.3) is 0 Å². The predicted octanol–water partition coefficient (Wildman–Crippen LogP) is 2.96. The van der Waals surface area contributed by atoms with E-state index in [1.807, 2.05) is 0 Å². The summed E-state index contributed by atoms with van der Waals surface area (Å²) < 4.78 is 14.0. The molecule has 1 amide bonds. The number of hydrazone groups is 1. The maximum Gasteiger partial charge on any atom is 0.407 e. The first-order chi connectivity index (χ1) is 9.97. The highest BCUT2D eigenvalue weighted by Gasteiger charge is 2.20. The van der Waals surface area contributed by atoms with Crippen molar-refractivity contribution >= 4 is 39.6 Å². The zero-order chi connectivity index (χ0) is 15.4. The number of amides is 1. The maximum atomic E-state index is 13.4. The lowest BCUT2D eigenvalue weighted by Gasteiger charge is -2.27. The number of nitrogen functional groups attached to an aromatic ring is 1. The number of likely N-dealkylation sites (tertiary alicyclic amines) is 1. The fourth-order valence-electron chi connectivity index (χ4n) is 2.13. The number of piperidine rings is 1. The van der Waals surface area contributed by atoms with Crippen molar-refractivity contribution < 1.29 is 14.3 Å². The fraction of sp³-hybridized carbons (Fsp3) is 0.385. The van der Waals surface area contributed by atoms with Gasteiger partial charge in [0, 0.05) is 23.8 Å². The van der Waals surface area contributed by atoms with E-state index in [0.29, 0.717) is 23.2 Å². The summed E-state index contributed by atoms with van der Waals surface area (Å²) >= 11 is 3.19. The zero-order valence-corrected chi connectivity index (χ0v) is 12.8. The molecular weight excluding hydrogens is 343 g/mol. The van der Waals surface area contributed by atoms with Gasteiger partial charge in [-0.15, -0.1) is 0 Å². The van der Waals surface area contributed by atoms with Crippen molar-refractivity contribution in [3.05, 3.63) is 22.4 Å². The lowest BCUT2D eigenvalue weighted by molar-refractivity contribution is 0.131. The molecule has 6 nitrogen and oxygen atoms in total. The molecule has 4 N–H and O–H groups in total. The number of halogens is 2. The first-order valence-electron chi connectivity index (χ1n) is 6.49. The van der Waals surface area contributed by atoms with Gasteiger partial charge in [0.1, 0.15) is 5.82 Å².